The molecule has 1 aromatic carbocycles. The van der Waals surface area contributed by atoms with Gasteiger partial charge in [-0.3, -0.25) is 0 Å². The molecule has 1 aromatic rings. The first-order chi connectivity index (χ1) is 7.65. The number of benzene rings is 1. The van der Waals surface area contributed by atoms with E-state index in [1.807, 2.05) is 18.2 Å². The zero-order valence-corrected chi connectivity index (χ0v) is 10.5. The Bertz CT molecular complexity index is 309. The number of hydrogen-bond acceptors (Lipinski definition) is 2. The molecule has 0 aromatic heterocycles. The Morgan fingerprint density at radius 1 is 1.12 bits per heavy atom. The summed E-state index contributed by atoms with van der Waals surface area (Å²) >= 11 is 12.0. The predicted molar refractivity (Wildman–Crippen MR) is 67.1 cm³/mol. The number of rotatable bonds is 6. The van der Waals surface area contributed by atoms with Crippen LogP contribution in [-0.4, -0.2) is 22.9 Å². The lowest BCUT2D eigenvalue weighted by molar-refractivity contribution is 0.0862. The Hall–Kier alpha value is -0.280. The molecule has 2 nitrogen and oxygen atoms in total. The third-order valence-corrected chi connectivity index (χ3v) is 3.19. The van der Waals surface area contributed by atoms with Crippen LogP contribution < -0.4 is 0 Å². The highest BCUT2D eigenvalue weighted by Gasteiger charge is 2.06. The van der Waals surface area contributed by atoms with Gasteiger partial charge in [0, 0.05) is 10.0 Å². The van der Waals surface area contributed by atoms with Crippen molar-refractivity contribution in [2.45, 2.75) is 31.8 Å². The van der Waals surface area contributed by atoms with Crippen molar-refractivity contribution in [3.05, 3.63) is 33.8 Å². The Morgan fingerprint density at radius 2 is 1.75 bits per heavy atom. The topological polar surface area (TPSA) is 40.5 Å². The molecule has 1 rings (SSSR count). The van der Waals surface area contributed by atoms with E-state index >= 15 is 0 Å². The van der Waals surface area contributed by atoms with Gasteiger partial charge in [0.2, 0.25) is 0 Å². The molecule has 90 valence electrons. The molecule has 0 bridgehead atoms. The van der Waals surface area contributed by atoms with E-state index in [2.05, 4.69) is 0 Å². The first-order valence-electron chi connectivity index (χ1n) is 5.37. The van der Waals surface area contributed by atoms with E-state index < -0.39 is 6.10 Å². The molecule has 0 spiro atoms. The highest BCUT2D eigenvalue weighted by Crippen LogP contribution is 2.26. The molecule has 16 heavy (non-hydrogen) atoms. The zero-order chi connectivity index (χ0) is 12.0. The van der Waals surface area contributed by atoms with Crippen LogP contribution in [-0.2, 0) is 6.42 Å². The second-order valence-corrected chi connectivity index (χ2v) is 4.60. The average molecular weight is 263 g/mol. The molecule has 0 aliphatic rings. The molecule has 1 atom stereocenters. The molecule has 0 amide bonds. The second kappa shape index (κ2) is 7.13. The standard InChI is InChI=1S/C12H16Cl2O2/c13-11-6-3-7-12(14)10(11)5-2-1-4-9(16)8-15/h3,6-7,9,15-16H,1-2,4-5,8H2/t9-/m0/s1. The molecule has 0 radical (unpaired) electrons. The largest absolute Gasteiger partial charge is 0.394 e. The van der Waals surface area contributed by atoms with Gasteiger partial charge >= 0.3 is 0 Å². The maximum atomic E-state index is 9.16. The van der Waals surface area contributed by atoms with Crippen molar-refractivity contribution in [2.75, 3.05) is 6.61 Å². The lowest BCUT2D eigenvalue weighted by atomic mass is 10.1. The molecular weight excluding hydrogens is 247 g/mol. The van der Waals surface area contributed by atoms with Crippen LogP contribution in [0.25, 0.3) is 0 Å². The van der Waals surface area contributed by atoms with Crippen LogP contribution in [0.15, 0.2) is 18.2 Å². The summed E-state index contributed by atoms with van der Waals surface area (Å²) < 4.78 is 0. The summed E-state index contributed by atoms with van der Waals surface area (Å²) in [7, 11) is 0. The maximum Gasteiger partial charge on any atom is 0.0770 e. The molecular formula is C12H16Cl2O2. The Kier molecular flexibility index (Phi) is 6.14. The van der Waals surface area contributed by atoms with Crippen molar-refractivity contribution >= 4 is 23.2 Å². The van der Waals surface area contributed by atoms with Crippen LogP contribution in [0.4, 0.5) is 0 Å². The third kappa shape index (κ3) is 4.30. The van der Waals surface area contributed by atoms with Gasteiger partial charge in [-0.25, -0.2) is 0 Å². The van der Waals surface area contributed by atoms with Crippen molar-refractivity contribution in [3.8, 4) is 0 Å². The third-order valence-electron chi connectivity index (χ3n) is 2.49. The van der Waals surface area contributed by atoms with Gasteiger partial charge in [-0.05, 0) is 37.0 Å². The molecule has 0 aliphatic heterocycles. The fraction of sp³-hybridized carbons (Fsp3) is 0.500. The van der Waals surface area contributed by atoms with Crippen molar-refractivity contribution in [1.82, 2.24) is 0 Å². The fourth-order valence-electron chi connectivity index (χ4n) is 1.54. The Balaban J connectivity index is 2.37. The summed E-state index contributed by atoms with van der Waals surface area (Å²) in [5.41, 5.74) is 0.962. The van der Waals surface area contributed by atoms with Gasteiger partial charge in [-0.15, -0.1) is 0 Å². The van der Waals surface area contributed by atoms with Crippen LogP contribution in [0.3, 0.4) is 0 Å². The van der Waals surface area contributed by atoms with Crippen LogP contribution in [0.1, 0.15) is 24.8 Å². The smallest absolute Gasteiger partial charge is 0.0770 e. The molecule has 4 heteroatoms. The number of halogens is 2. The van der Waals surface area contributed by atoms with Crippen molar-refractivity contribution in [2.24, 2.45) is 0 Å². The number of hydrogen-bond donors (Lipinski definition) is 2. The lowest BCUT2D eigenvalue weighted by Crippen LogP contribution is -2.11. The summed E-state index contributed by atoms with van der Waals surface area (Å²) in [6.07, 6.45) is 2.56. The molecule has 0 saturated carbocycles. The quantitative estimate of drug-likeness (QED) is 0.774. The van der Waals surface area contributed by atoms with E-state index in [9.17, 15) is 0 Å². The van der Waals surface area contributed by atoms with Crippen molar-refractivity contribution in [1.29, 1.82) is 0 Å². The molecule has 2 N–H and O–H groups in total. The summed E-state index contributed by atoms with van der Waals surface area (Å²) in [5.74, 6) is 0. The van der Waals surface area contributed by atoms with E-state index in [1.54, 1.807) is 0 Å². The Morgan fingerprint density at radius 3 is 2.31 bits per heavy atom. The number of aliphatic hydroxyl groups excluding tert-OH is 2. The minimum absolute atomic E-state index is 0.174. The minimum Gasteiger partial charge on any atom is -0.394 e. The van der Waals surface area contributed by atoms with Gasteiger partial charge < -0.3 is 10.2 Å². The van der Waals surface area contributed by atoms with Gasteiger partial charge in [-0.2, -0.15) is 0 Å². The summed E-state index contributed by atoms with van der Waals surface area (Å²) in [5, 5.41) is 19.2. The fourth-order valence-corrected chi connectivity index (χ4v) is 2.13. The predicted octanol–water partition coefficient (Wildman–Crippen LogP) is 3.06. The molecule has 0 fully saturated rings. The van der Waals surface area contributed by atoms with E-state index in [1.165, 1.54) is 0 Å². The van der Waals surface area contributed by atoms with Gasteiger partial charge in [0.05, 0.1) is 12.7 Å². The van der Waals surface area contributed by atoms with Crippen molar-refractivity contribution < 1.29 is 10.2 Å². The number of unbranched alkanes of at least 4 members (excludes halogenated alkanes) is 1. The summed E-state index contributed by atoms with van der Waals surface area (Å²) in [6, 6.07) is 5.47. The first kappa shape index (κ1) is 13.8. The van der Waals surface area contributed by atoms with Crippen LogP contribution in [0.5, 0.6) is 0 Å². The minimum atomic E-state index is -0.610. The van der Waals surface area contributed by atoms with Crippen molar-refractivity contribution in [3.63, 3.8) is 0 Å². The monoisotopic (exact) mass is 262 g/mol. The molecule has 0 heterocycles. The summed E-state index contributed by atoms with van der Waals surface area (Å²) in [6.45, 7) is -0.174. The van der Waals surface area contributed by atoms with E-state index in [-0.39, 0.29) is 6.61 Å². The highest BCUT2D eigenvalue weighted by molar-refractivity contribution is 6.35. The normalized spacial score (nSPS) is 12.8. The Labute approximate surface area is 106 Å². The lowest BCUT2D eigenvalue weighted by Gasteiger charge is -2.08. The van der Waals surface area contributed by atoms with Gasteiger partial charge in [-0.1, -0.05) is 35.7 Å². The van der Waals surface area contributed by atoms with Gasteiger partial charge in [0.1, 0.15) is 0 Å². The zero-order valence-electron chi connectivity index (χ0n) is 9.00. The number of aliphatic hydroxyl groups is 2. The van der Waals surface area contributed by atoms with Crippen LogP contribution >= 0.6 is 23.2 Å². The van der Waals surface area contributed by atoms with E-state index in [0.29, 0.717) is 16.5 Å². The summed E-state index contributed by atoms with van der Waals surface area (Å²) in [4.78, 5) is 0. The van der Waals surface area contributed by atoms with E-state index in [4.69, 9.17) is 33.4 Å². The second-order valence-electron chi connectivity index (χ2n) is 3.78. The van der Waals surface area contributed by atoms with Gasteiger partial charge in [0.25, 0.3) is 0 Å². The van der Waals surface area contributed by atoms with Crippen LogP contribution in [0.2, 0.25) is 10.0 Å². The highest BCUT2D eigenvalue weighted by atomic mass is 35.5. The van der Waals surface area contributed by atoms with Crippen LogP contribution in [0, 0.1) is 0 Å². The maximum absolute atomic E-state index is 9.16. The first-order valence-corrected chi connectivity index (χ1v) is 6.12. The van der Waals surface area contributed by atoms with E-state index in [0.717, 1.165) is 24.8 Å². The molecule has 0 aliphatic carbocycles. The SMILES string of the molecule is OC[C@@H](O)CCCCc1c(Cl)cccc1Cl. The van der Waals surface area contributed by atoms with Gasteiger partial charge in [0.15, 0.2) is 0 Å². The molecule has 0 saturated heterocycles. The average Bonchev–Trinajstić information content (AvgIpc) is 2.27. The molecule has 0 unspecified atom stereocenters.